The van der Waals surface area contributed by atoms with Gasteiger partial charge < -0.3 is 0 Å². The van der Waals surface area contributed by atoms with Gasteiger partial charge in [-0.2, -0.15) is 5.26 Å². The molecule has 0 bridgehead atoms. The molecule has 0 saturated heterocycles. The molecule has 5 aliphatic rings. The van der Waals surface area contributed by atoms with E-state index in [2.05, 4.69) is 32.9 Å². The molecule has 0 N–H and O–H groups in total. The highest BCUT2D eigenvalue weighted by Crippen LogP contribution is 2.75. The smallest absolute Gasteiger partial charge is 0.156 e. The second-order valence-corrected chi connectivity index (χ2v) is 9.72. The van der Waals surface area contributed by atoms with Crippen molar-refractivity contribution in [2.24, 2.45) is 46.3 Å². The fourth-order valence-electron chi connectivity index (χ4n) is 7.62. The van der Waals surface area contributed by atoms with Crippen molar-refractivity contribution in [2.75, 3.05) is 0 Å². The van der Waals surface area contributed by atoms with Gasteiger partial charge in [0.2, 0.25) is 0 Å². The lowest BCUT2D eigenvalue weighted by atomic mass is 9.47. The number of fused-ring (bicyclic) bond motifs is 7. The number of hydrogen-bond donors (Lipinski definition) is 0. The quantitative estimate of drug-likeness (QED) is 0.650. The highest BCUT2D eigenvalue weighted by molar-refractivity contribution is 5.92. The topological polar surface area (TPSA) is 40.9 Å². The van der Waals surface area contributed by atoms with Gasteiger partial charge in [-0.05, 0) is 84.7 Å². The Balaban J connectivity index is 1.62. The Morgan fingerprint density at radius 1 is 1.25 bits per heavy atom. The molecule has 8 atom stereocenters. The van der Waals surface area contributed by atoms with Crippen molar-refractivity contribution >= 4 is 5.78 Å². The predicted molar refractivity (Wildman–Crippen MR) is 92.7 cm³/mol. The molecule has 0 amide bonds. The summed E-state index contributed by atoms with van der Waals surface area (Å²) in [7, 11) is 0. The number of hydrogen-bond acceptors (Lipinski definition) is 2. The third-order valence-electron chi connectivity index (χ3n) is 8.76. The van der Waals surface area contributed by atoms with Gasteiger partial charge >= 0.3 is 0 Å². The zero-order valence-electron chi connectivity index (χ0n) is 15.0. The third-order valence-corrected chi connectivity index (χ3v) is 8.76. The summed E-state index contributed by atoms with van der Waals surface area (Å²) in [4.78, 5) is 12.0. The SMILES string of the molecule is CC1=C[C@H]2[C@@H]3[C@@H]4C[C@@H]4[C@H](C#N)[C@@]3(C)CC[C@@H]2[C@@]2(C)CCC(=O)C=C12. The molecule has 2 nitrogen and oxygen atoms in total. The maximum Gasteiger partial charge on any atom is 0.156 e. The number of ketones is 1. The van der Waals surface area contributed by atoms with Gasteiger partial charge in [-0.3, -0.25) is 4.79 Å². The predicted octanol–water partition coefficient (Wildman–Crippen LogP) is 4.68. The maximum atomic E-state index is 12.0. The highest BCUT2D eigenvalue weighted by atomic mass is 16.1. The fourth-order valence-corrected chi connectivity index (χ4v) is 7.62. The van der Waals surface area contributed by atoms with E-state index in [1.165, 1.54) is 30.4 Å². The van der Waals surface area contributed by atoms with E-state index in [1.807, 2.05) is 6.08 Å². The van der Waals surface area contributed by atoms with E-state index < -0.39 is 0 Å². The summed E-state index contributed by atoms with van der Waals surface area (Å²) in [6, 6.07) is 2.70. The first-order chi connectivity index (χ1) is 11.4. The van der Waals surface area contributed by atoms with Gasteiger partial charge in [0.25, 0.3) is 0 Å². The number of nitriles is 1. The van der Waals surface area contributed by atoms with Crippen molar-refractivity contribution in [1.82, 2.24) is 0 Å². The molecule has 24 heavy (non-hydrogen) atoms. The van der Waals surface area contributed by atoms with Gasteiger partial charge in [-0.15, -0.1) is 0 Å². The molecule has 0 spiro atoms. The summed E-state index contributed by atoms with van der Waals surface area (Å²) in [6.45, 7) is 7.05. The highest BCUT2D eigenvalue weighted by Gasteiger charge is 2.70. The van der Waals surface area contributed by atoms with Crippen molar-refractivity contribution in [3.8, 4) is 6.07 Å². The van der Waals surface area contributed by atoms with Gasteiger partial charge in [0.05, 0.1) is 12.0 Å². The lowest BCUT2D eigenvalue weighted by Gasteiger charge is -2.57. The molecule has 0 aromatic rings. The van der Waals surface area contributed by atoms with Crippen LogP contribution in [0.1, 0.15) is 52.9 Å². The number of carbonyl (C=O) groups is 1. The molecule has 0 radical (unpaired) electrons. The molecular weight excluding hydrogens is 294 g/mol. The monoisotopic (exact) mass is 321 g/mol. The van der Waals surface area contributed by atoms with E-state index in [9.17, 15) is 10.1 Å². The van der Waals surface area contributed by atoms with E-state index in [4.69, 9.17) is 0 Å². The van der Waals surface area contributed by atoms with Gasteiger partial charge in [0.15, 0.2) is 5.78 Å². The van der Waals surface area contributed by atoms with Crippen LogP contribution in [0.2, 0.25) is 0 Å². The standard InChI is InChI=1S/C22H27NO/c1-12-8-16-17(21(2)6-4-13(24)9-18(12)21)5-7-22(3)19(11-23)14-10-15(14)20(16)22/h8-9,14-17,19-20H,4-7,10H2,1-3H3/t14-,15+,16+,17-,19-,20-,21+,22+/m0/s1. The Morgan fingerprint density at radius 3 is 2.79 bits per heavy atom. The van der Waals surface area contributed by atoms with Crippen molar-refractivity contribution < 1.29 is 4.79 Å². The van der Waals surface area contributed by atoms with E-state index >= 15 is 0 Å². The zero-order valence-corrected chi connectivity index (χ0v) is 15.0. The lowest BCUT2D eigenvalue weighted by Crippen LogP contribution is -2.50. The molecule has 0 unspecified atom stereocenters. The van der Waals surface area contributed by atoms with Crippen LogP contribution < -0.4 is 0 Å². The third kappa shape index (κ3) is 1.60. The normalized spacial score (nSPS) is 54.5. The molecule has 0 heterocycles. The Hall–Kier alpha value is -1.36. The van der Waals surface area contributed by atoms with Crippen LogP contribution in [0.5, 0.6) is 0 Å². The summed E-state index contributed by atoms with van der Waals surface area (Å²) >= 11 is 0. The van der Waals surface area contributed by atoms with Gasteiger partial charge in [-0.25, -0.2) is 0 Å². The van der Waals surface area contributed by atoms with Gasteiger partial charge in [0.1, 0.15) is 0 Å². The van der Waals surface area contributed by atoms with E-state index in [1.54, 1.807) is 0 Å². The van der Waals surface area contributed by atoms with E-state index in [0.717, 1.165) is 12.3 Å². The number of nitrogens with zero attached hydrogens (tertiary/aromatic N) is 1. The number of allylic oxidation sites excluding steroid dienone is 4. The summed E-state index contributed by atoms with van der Waals surface area (Å²) < 4.78 is 0. The number of rotatable bonds is 0. The van der Waals surface area contributed by atoms with Crippen LogP contribution >= 0.6 is 0 Å². The molecule has 3 fully saturated rings. The minimum Gasteiger partial charge on any atom is -0.295 e. The molecule has 3 saturated carbocycles. The molecule has 5 aliphatic carbocycles. The van der Waals surface area contributed by atoms with Crippen LogP contribution in [0.3, 0.4) is 0 Å². The first-order valence-electron chi connectivity index (χ1n) is 9.73. The van der Waals surface area contributed by atoms with Crippen LogP contribution in [0.15, 0.2) is 23.3 Å². The maximum absolute atomic E-state index is 12.0. The first-order valence-corrected chi connectivity index (χ1v) is 9.73. The lowest BCUT2D eigenvalue weighted by molar-refractivity contribution is -0.116. The fraction of sp³-hybridized carbons (Fsp3) is 0.727. The van der Waals surface area contributed by atoms with Crippen molar-refractivity contribution in [3.05, 3.63) is 23.3 Å². The summed E-state index contributed by atoms with van der Waals surface area (Å²) in [5.74, 6) is 4.02. The molecule has 5 rings (SSSR count). The van der Waals surface area contributed by atoms with Crippen LogP contribution in [0.25, 0.3) is 0 Å². The summed E-state index contributed by atoms with van der Waals surface area (Å²) in [5, 5.41) is 9.77. The molecule has 0 aromatic carbocycles. The molecular formula is C22H27NO. The van der Waals surface area contributed by atoms with Crippen molar-refractivity contribution in [1.29, 1.82) is 5.26 Å². The Bertz CT molecular complexity index is 740. The minimum atomic E-state index is 0.174. The minimum absolute atomic E-state index is 0.174. The van der Waals surface area contributed by atoms with Crippen LogP contribution in [0, 0.1) is 57.7 Å². The molecule has 0 aromatic heterocycles. The van der Waals surface area contributed by atoms with Crippen LogP contribution in [-0.4, -0.2) is 5.78 Å². The largest absolute Gasteiger partial charge is 0.295 e. The average molecular weight is 321 g/mol. The van der Waals surface area contributed by atoms with E-state index in [-0.39, 0.29) is 16.7 Å². The Morgan fingerprint density at radius 2 is 2.04 bits per heavy atom. The van der Waals surface area contributed by atoms with Crippen molar-refractivity contribution in [3.63, 3.8) is 0 Å². The molecule has 2 heteroatoms. The summed E-state index contributed by atoms with van der Waals surface area (Å²) in [5.41, 5.74) is 3.07. The van der Waals surface area contributed by atoms with Crippen molar-refractivity contribution in [2.45, 2.75) is 52.9 Å². The first kappa shape index (κ1) is 14.9. The zero-order chi connectivity index (χ0) is 16.9. The Kier molecular flexibility index (Phi) is 2.75. The van der Waals surface area contributed by atoms with Gasteiger partial charge in [-0.1, -0.05) is 25.5 Å². The van der Waals surface area contributed by atoms with Crippen LogP contribution in [0.4, 0.5) is 0 Å². The number of carbonyl (C=O) groups excluding carboxylic acids is 1. The second kappa shape index (κ2) is 4.43. The van der Waals surface area contributed by atoms with E-state index in [0.29, 0.717) is 35.9 Å². The van der Waals surface area contributed by atoms with Crippen LogP contribution in [-0.2, 0) is 4.79 Å². The summed E-state index contributed by atoms with van der Waals surface area (Å²) in [6.07, 6.45) is 9.90. The molecule has 0 aliphatic heterocycles. The second-order valence-electron chi connectivity index (χ2n) is 9.72. The average Bonchev–Trinajstić information content (AvgIpc) is 3.24. The van der Waals surface area contributed by atoms with Gasteiger partial charge in [0, 0.05) is 6.42 Å². The Labute approximate surface area is 145 Å². The molecule has 126 valence electrons.